The van der Waals surface area contributed by atoms with Crippen molar-refractivity contribution in [1.29, 1.82) is 0 Å². The summed E-state index contributed by atoms with van der Waals surface area (Å²) in [6.07, 6.45) is 1.42. The van der Waals surface area contributed by atoms with Gasteiger partial charge in [-0.05, 0) is 23.3 Å². The molecule has 11 heavy (non-hydrogen) atoms. The molecule has 1 aromatic heterocycles. The second kappa shape index (κ2) is 3.25. The molecule has 0 aromatic carbocycles. The summed E-state index contributed by atoms with van der Waals surface area (Å²) in [5.74, 6) is -0.487. The largest absolute Gasteiger partial charge is 0.326 e. The molecule has 3 heteroatoms. The van der Waals surface area contributed by atoms with Crippen molar-refractivity contribution in [3.63, 3.8) is 0 Å². The summed E-state index contributed by atoms with van der Waals surface area (Å²) in [7, 11) is 0. The molecule has 0 saturated carbocycles. The van der Waals surface area contributed by atoms with Gasteiger partial charge in [0, 0.05) is 12.7 Å². The van der Waals surface area contributed by atoms with Crippen molar-refractivity contribution < 1.29 is 4.39 Å². The first-order valence-corrected chi connectivity index (χ1v) is 3.24. The fourth-order valence-corrected chi connectivity index (χ4v) is 0.703. The van der Waals surface area contributed by atoms with E-state index >= 15 is 0 Å². The molecule has 0 atom stereocenters. The van der Waals surface area contributed by atoms with Gasteiger partial charge in [-0.15, -0.1) is 0 Å². The van der Waals surface area contributed by atoms with Gasteiger partial charge in [0.25, 0.3) is 0 Å². The minimum absolute atomic E-state index is 0.368. The van der Waals surface area contributed by atoms with Crippen LogP contribution in [0.4, 0.5) is 4.39 Å². The maximum absolute atomic E-state index is 12.3. The predicted octanol–water partition coefficient (Wildman–Crippen LogP) is 1.19. The summed E-state index contributed by atoms with van der Waals surface area (Å²) in [6, 6.07) is 2.90. The molecule has 0 aliphatic carbocycles. The summed E-state index contributed by atoms with van der Waals surface area (Å²) in [4.78, 5) is 3.47. The van der Waals surface area contributed by atoms with E-state index < -0.39 is 5.95 Å². The Labute approximate surface area is 64.6 Å². The maximum Gasteiger partial charge on any atom is 0.212 e. The fraction of sp³-hybridized carbons (Fsp3) is 0.125. The highest BCUT2D eigenvalue weighted by molar-refractivity contribution is 5.63. The van der Waals surface area contributed by atoms with Crippen LogP contribution < -0.4 is 5.73 Å². The third-order valence-corrected chi connectivity index (χ3v) is 1.38. The molecule has 0 aliphatic heterocycles. The van der Waals surface area contributed by atoms with Gasteiger partial charge in [-0.2, -0.15) is 4.39 Å². The van der Waals surface area contributed by atoms with E-state index in [-0.39, 0.29) is 0 Å². The molecule has 2 nitrogen and oxygen atoms in total. The van der Waals surface area contributed by atoms with Crippen molar-refractivity contribution in [2.24, 2.45) is 5.73 Å². The molecular weight excluding hydrogens is 143 g/mol. The minimum atomic E-state index is -0.487. The summed E-state index contributed by atoms with van der Waals surface area (Å²) < 4.78 is 12.3. The van der Waals surface area contributed by atoms with Crippen molar-refractivity contribution in [3.8, 4) is 0 Å². The van der Waals surface area contributed by atoms with Gasteiger partial charge in [0.2, 0.25) is 5.95 Å². The van der Waals surface area contributed by atoms with Crippen LogP contribution in [0.2, 0.25) is 0 Å². The van der Waals surface area contributed by atoms with Gasteiger partial charge < -0.3 is 5.73 Å². The highest BCUT2D eigenvalue weighted by atomic mass is 19.1. The van der Waals surface area contributed by atoms with Crippen LogP contribution in [0.1, 0.15) is 5.56 Å². The lowest BCUT2D eigenvalue weighted by molar-refractivity contribution is 0.583. The molecule has 0 fully saturated rings. The van der Waals surface area contributed by atoms with Crippen molar-refractivity contribution in [2.45, 2.75) is 0 Å². The van der Waals surface area contributed by atoms with E-state index in [2.05, 4.69) is 11.6 Å². The van der Waals surface area contributed by atoms with E-state index in [0.717, 1.165) is 11.1 Å². The molecule has 1 aromatic rings. The second-order valence-electron chi connectivity index (χ2n) is 2.18. The predicted molar refractivity (Wildman–Crippen MR) is 42.3 cm³/mol. The van der Waals surface area contributed by atoms with Crippen molar-refractivity contribution in [3.05, 3.63) is 36.4 Å². The lowest BCUT2D eigenvalue weighted by Crippen LogP contribution is -2.01. The average molecular weight is 152 g/mol. The molecule has 0 unspecified atom stereocenters. The zero-order valence-electron chi connectivity index (χ0n) is 6.05. The van der Waals surface area contributed by atoms with Crippen molar-refractivity contribution in [2.75, 3.05) is 6.54 Å². The summed E-state index contributed by atoms with van der Waals surface area (Å²) in [6.45, 7) is 4.05. The maximum atomic E-state index is 12.3. The molecule has 1 rings (SSSR count). The third kappa shape index (κ3) is 1.85. The van der Waals surface area contributed by atoms with E-state index in [1.165, 1.54) is 12.3 Å². The van der Waals surface area contributed by atoms with E-state index in [1.807, 2.05) is 0 Å². The van der Waals surface area contributed by atoms with Crippen LogP contribution in [-0.2, 0) is 0 Å². The molecule has 2 N–H and O–H groups in total. The van der Waals surface area contributed by atoms with Crippen molar-refractivity contribution in [1.82, 2.24) is 4.98 Å². The number of nitrogens with two attached hydrogens (primary N) is 1. The quantitative estimate of drug-likeness (QED) is 0.646. The molecule has 0 amide bonds. The number of hydrogen-bond donors (Lipinski definition) is 1. The number of nitrogens with zero attached hydrogens (tertiary/aromatic N) is 1. The van der Waals surface area contributed by atoms with Gasteiger partial charge in [0.05, 0.1) is 0 Å². The van der Waals surface area contributed by atoms with Crippen LogP contribution >= 0.6 is 0 Å². The molecular formula is C8H9FN2. The fourth-order valence-electron chi connectivity index (χ4n) is 0.703. The first-order chi connectivity index (χ1) is 5.24. The number of aromatic nitrogens is 1. The summed E-state index contributed by atoms with van der Waals surface area (Å²) >= 11 is 0. The monoisotopic (exact) mass is 152 g/mol. The second-order valence-corrected chi connectivity index (χ2v) is 2.18. The molecule has 1 heterocycles. The summed E-state index contributed by atoms with van der Waals surface area (Å²) in [5, 5.41) is 0. The summed E-state index contributed by atoms with van der Waals surface area (Å²) in [5.41, 5.74) is 6.87. The Kier molecular flexibility index (Phi) is 2.33. The molecule has 0 aliphatic rings. The van der Waals surface area contributed by atoms with Crippen LogP contribution in [-0.4, -0.2) is 11.5 Å². The topological polar surface area (TPSA) is 38.9 Å². The van der Waals surface area contributed by atoms with Gasteiger partial charge in [0.15, 0.2) is 0 Å². The van der Waals surface area contributed by atoms with Crippen LogP contribution in [0, 0.1) is 5.95 Å². The minimum Gasteiger partial charge on any atom is -0.326 e. The van der Waals surface area contributed by atoms with Gasteiger partial charge in [0.1, 0.15) is 0 Å². The van der Waals surface area contributed by atoms with Crippen LogP contribution in [0.5, 0.6) is 0 Å². The van der Waals surface area contributed by atoms with Crippen LogP contribution in [0.25, 0.3) is 5.57 Å². The number of halogens is 1. The SMILES string of the molecule is C=C(CN)c1ccc(F)nc1. The Morgan fingerprint density at radius 3 is 2.82 bits per heavy atom. The van der Waals surface area contributed by atoms with Gasteiger partial charge >= 0.3 is 0 Å². The molecule has 0 radical (unpaired) electrons. The van der Waals surface area contributed by atoms with E-state index in [4.69, 9.17) is 5.73 Å². The van der Waals surface area contributed by atoms with E-state index in [0.29, 0.717) is 6.54 Å². The first-order valence-electron chi connectivity index (χ1n) is 3.24. The van der Waals surface area contributed by atoms with Gasteiger partial charge in [-0.25, -0.2) is 4.98 Å². The molecule has 0 bridgehead atoms. The lowest BCUT2D eigenvalue weighted by Gasteiger charge is -1.99. The Bertz CT molecular complexity index is 253. The Morgan fingerprint density at radius 1 is 1.64 bits per heavy atom. The molecule has 0 spiro atoms. The standard InChI is InChI=1S/C8H9FN2/c1-6(4-10)7-2-3-8(9)11-5-7/h2-3,5H,1,4,10H2. The Hall–Kier alpha value is -1.22. The van der Waals surface area contributed by atoms with Gasteiger partial charge in [-0.3, -0.25) is 0 Å². The zero-order chi connectivity index (χ0) is 8.27. The zero-order valence-corrected chi connectivity index (χ0v) is 6.05. The molecule has 0 saturated heterocycles. The van der Waals surface area contributed by atoms with Crippen LogP contribution in [0.15, 0.2) is 24.9 Å². The highest BCUT2D eigenvalue weighted by Crippen LogP contribution is 2.08. The lowest BCUT2D eigenvalue weighted by atomic mass is 10.1. The number of hydrogen-bond acceptors (Lipinski definition) is 2. The van der Waals surface area contributed by atoms with E-state index in [9.17, 15) is 4.39 Å². The highest BCUT2D eigenvalue weighted by Gasteiger charge is 1.96. The smallest absolute Gasteiger partial charge is 0.212 e. The third-order valence-electron chi connectivity index (χ3n) is 1.38. The van der Waals surface area contributed by atoms with Crippen LogP contribution in [0.3, 0.4) is 0 Å². The normalized spacial score (nSPS) is 9.64. The average Bonchev–Trinajstić information content (AvgIpc) is 2.05. The van der Waals surface area contributed by atoms with Crippen molar-refractivity contribution >= 4 is 5.57 Å². The van der Waals surface area contributed by atoms with Gasteiger partial charge in [-0.1, -0.05) is 6.58 Å². The number of rotatable bonds is 2. The Balaban J connectivity index is 2.90. The van der Waals surface area contributed by atoms with E-state index in [1.54, 1.807) is 6.07 Å². The first kappa shape index (κ1) is 7.88. The Morgan fingerprint density at radius 2 is 2.36 bits per heavy atom. The molecule has 58 valence electrons. The number of pyridine rings is 1.